The van der Waals surface area contributed by atoms with Gasteiger partial charge in [-0.1, -0.05) is 30.3 Å². The second-order valence-corrected chi connectivity index (χ2v) is 6.07. The third kappa shape index (κ3) is 7.12. The van der Waals surface area contributed by atoms with E-state index in [0.29, 0.717) is 6.42 Å². The van der Waals surface area contributed by atoms with Gasteiger partial charge in [0.2, 0.25) is 5.91 Å². The lowest BCUT2D eigenvalue weighted by molar-refractivity contribution is -0.122. The maximum absolute atomic E-state index is 12.2. The first-order valence-electron chi connectivity index (χ1n) is 8.56. The smallest absolute Gasteiger partial charge is 0.220 e. The SMILES string of the molecule is CNCCCC(=O)NC(Cc1ccccc1)CN1CCOCC1. The van der Waals surface area contributed by atoms with E-state index in [0.717, 1.165) is 52.2 Å². The third-order valence-electron chi connectivity index (χ3n) is 4.10. The number of nitrogens with zero attached hydrogens (tertiary/aromatic N) is 1. The van der Waals surface area contributed by atoms with Gasteiger partial charge in [-0.15, -0.1) is 0 Å². The molecule has 1 unspecified atom stereocenters. The molecule has 1 aromatic rings. The van der Waals surface area contributed by atoms with Crippen LogP contribution in [0.25, 0.3) is 0 Å². The van der Waals surface area contributed by atoms with E-state index in [9.17, 15) is 4.79 Å². The van der Waals surface area contributed by atoms with Crippen LogP contribution in [-0.2, 0) is 16.0 Å². The average molecular weight is 319 g/mol. The standard InChI is InChI=1S/C18H29N3O2/c1-19-9-5-8-18(22)20-17(14-16-6-3-2-4-7-16)15-21-10-12-23-13-11-21/h2-4,6-7,17,19H,5,8-15H2,1H3,(H,20,22). The van der Waals surface area contributed by atoms with Crippen LogP contribution in [0.2, 0.25) is 0 Å². The van der Waals surface area contributed by atoms with Crippen molar-refractivity contribution in [2.75, 3.05) is 46.4 Å². The van der Waals surface area contributed by atoms with Crippen LogP contribution in [0.5, 0.6) is 0 Å². The van der Waals surface area contributed by atoms with Crippen LogP contribution in [-0.4, -0.2) is 63.3 Å². The van der Waals surface area contributed by atoms with E-state index in [-0.39, 0.29) is 11.9 Å². The highest BCUT2D eigenvalue weighted by Crippen LogP contribution is 2.07. The van der Waals surface area contributed by atoms with Crippen LogP contribution < -0.4 is 10.6 Å². The van der Waals surface area contributed by atoms with Crippen LogP contribution in [0.1, 0.15) is 18.4 Å². The molecule has 128 valence electrons. The van der Waals surface area contributed by atoms with Crippen molar-refractivity contribution in [2.45, 2.75) is 25.3 Å². The quantitative estimate of drug-likeness (QED) is 0.668. The molecule has 2 rings (SSSR count). The van der Waals surface area contributed by atoms with E-state index in [2.05, 4.69) is 39.8 Å². The zero-order valence-electron chi connectivity index (χ0n) is 14.1. The molecule has 0 radical (unpaired) electrons. The van der Waals surface area contributed by atoms with Crippen LogP contribution in [0.15, 0.2) is 30.3 Å². The van der Waals surface area contributed by atoms with Crippen molar-refractivity contribution in [3.8, 4) is 0 Å². The number of carbonyl (C=O) groups excluding carboxylic acids is 1. The Balaban J connectivity index is 1.88. The van der Waals surface area contributed by atoms with Crippen LogP contribution in [0.3, 0.4) is 0 Å². The van der Waals surface area contributed by atoms with Gasteiger partial charge in [0, 0.05) is 32.1 Å². The van der Waals surface area contributed by atoms with Crippen LogP contribution in [0, 0.1) is 0 Å². The summed E-state index contributed by atoms with van der Waals surface area (Å²) in [5.74, 6) is 0.148. The molecule has 1 fully saturated rings. The lowest BCUT2D eigenvalue weighted by atomic mass is 10.0. The van der Waals surface area contributed by atoms with Gasteiger partial charge in [-0.2, -0.15) is 0 Å². The summed E-state index contributed by atoms with van der Waals surface area (Å²) < 4.78 is 5.41. The first kappa shape index (κ1) is 17.9. The van der Waals surface area contributed by atoms with E-state index in [4.69, 9.17) is 4.74 Å². The summed E-state index contributed by atoms with van der Waals surface area (Å²) in [6.07, 6.45) is 2.32. The summed E-state index contributed by atoms with van der Waals surface area (Å²) >= 11 is 0. The molecular weight excluding hydrogens is 290 g/mol. The summed E-state index contributed by atoms with van der Waals surface area (Å²) in [6.45, 7) is 5.22. The molecular formula is C18H29N3O2. The summed E-state index contributed by atoms with van der Waals surface area (Å²) in [5.41, 5.74) is 1.27. The van der Waals surface area contributed by atoms with E-state index in [1.807, 2.05) is 13.1 Å². The molecule has 1 saturated heterocycles. The van der Waals surface area contributed by atoms with Gasteiger partial charge < -0.3 is 15.4 Å². The van der Waals surface area contributed by atoms with Gasteiger partial charge in [-0.25, -0.2) is 0 Å². The van der Waals surface area contributed by atoms with Crippen molar-refractivity contribution >= 4 is 5.91 Å². The van der Waals surface area contributed by atoms with Gasteiger partial charge in [0.05, 0.1) is 13.2 Å². The molecule has 0 saturated carbocycles. The Morgan fingerprint density at radius 2 is 2.00 bits per heavy atom. The summed E-state index contributed by atoms with van der Waals surface area (Å²) in [6, 6.07) is 10.5. The van der Waals surface area contributed by atoms with E-state index in [1.54, 1.807) is 0 Å². The molecule has 2 N–H and O–H groups in total. The molecule has 5 nitrogen and oxygen atoms in total. The number of carbonyl (C=O) groups is 1. The number of hydrogen-bond acceptors (Lipinski definition) is 4. The molecule has 1 aromatic carbocycles. The molecule has 0 bridgehead atoms. The Labute approximate surface area is 139 Å². The number of nitrogens with one attached hydrogen (secondary N) is 2. The summed E-state index contributed by atoms with van der Waals surface area (Å²) in [5, 5.41) is 6.30. The normalized spacial score (nSPS) is 16.9. The number of ether oxygens (including phenoxy) is 1. The van der Waals surface area contributed by atoms with Gasteiger partial charge in [-0.05, 0) is 32.0 Å². The number of morpholine rings is 1. The molecule has 0 spiro atoms. The molecule has 0 aliphatic carbocycles. The fourth-order valence-corrected chi connectivity index (χ4v) is 2.88. The highest BCUT2D eigenvalue weighted by molar-refractivity contribution is 5.76. The van der Waals surface area contributed by atoms with Gasteiger partial charge in [-0.3, -0.25) is 9.69 Å². The van der Waals surface area contributed by atoms with E-state index in [1.165, 1.54) is 5.56 Å². The second-order valence-electron chi connectivity index (χ2n) is 6.07. The van der Waals surface area contributed by atoms with Crippen molar-refractivity contribution in [2.24, 2.45) is 0 Å². The largest absolute Gasteiger partial charge is 0.379 e. The zero-order chi connectivity index (χ0) is 16.3. The van der Waals surface area contributed by atoms with Crippen molar-refractivity contribution in [3.63, 3.8) is 0 Å². The Morgan fingerprint density at radius 1 is 1.26 bits per heavy atom. The van der Waals surface area contributed by atoms with Gasteiger partial charge in [0.15, 0.2) is 0 Å². The zero-order valence-corrected chi connectivity index (χ0v) is 14.1. The number of benzene rings is 1. The fraction of sp³-hybridized carbons (Fsp3) is 0.611. The van der Waals surface area contributed by atoms with Crippen molar-refractivity contribution < 1.29 is 9.53 Å². The number of hydrogen-bond donors (Lipinski definition) is 2. The minimum Gasteiger partial charge on any atom is -0.379 e. The van der Waals surface area contributed by atoms with Crippen molar-refractivity contribution in [1.29, 1.82) is 0 Å². The third-order valence-corrected chi connectivity index (χ3v) is 4.10. The summed E-state index contributed by atoms with van der Waals surface area (Å²) in [7, 11) is 1.91. The monoisotopic (exact) mass is 319 g/mol. The molecule has 1 atom stereocenters. The highest BCUT2D eigenvalue weighted by Gasteiger charge is 2.18. The Hall–Kier alpha value is -1.43. The number of rotatable bonds is 9. The molecule has 1 amide bonds. The van der Waals surface area contributed by atoms with E-state index < -0.39 is 0 Å². The molecule has 1 aliphatic rings. The first-order chi connectivity index (χ1) is 11.3. The molecule has 0 aromatic heterocycles. The van der Waals surface area contributed by atoms with Gasteiger partial charge >= 0.3 is 0 Å². The molecule has 23 heavy (non-hydrogen) atoms. The second kappa shape index (κ2) is 10.4. The summed E-state index contributed by atoms with van der Waals surface area (Å²) in [4.78, 5) is 14.6. The predicted octanol–water partition coefficient (Wildman–Crippen LogP) is 1.05. The maximum Gasteiger partial charge on any atom is 0.220 e. The number of amides is 1. The fourth-order valence-electron chi connectivity index (χ4n) is 2.88. The average Bonchev–Trinajstić information content (AvgIpc) is 2.57. The maximum atomic E-state index is 12.2. The lowest BCUT2D eigenvalue weighted by Gasteiger charge is -2.31. The molecule has 1 aliphatic heterocycles. The van der Waals surface area contributed by atoms with Gasteiger partial charge in [0.25, 0.3) is 0 Å². The predicted molar refractivity (Wildman–Crippen MR) is 92.5 cm³/mol. The van der Waals surface area contributed by atoms with Crippen LogP contribution in [0.4, 0.5) is 0 Å². The van der Waals surface area contributed by atoms with Gasteiger partial charge in [0.1, 0.15) is 0 Å². The molecule has 5 heteroatoms. The Morgan fingerprint density at radius 3 is 2.70 bits per heavy atom. The lowest BCUT2D eigenvalue weighted by Crippen LogP contribution is -2.48. The van der Waals surface area contributed by atoms with Crippen LogP contribution >= 0.6 is 0 Å². The van der Waals surface area contributed by atoms with E-state index >= 15 is 0 Å². The first-order valence-corrected chi connectivity index (χ1v) is 8.56. The minimum absolute atomic E-state index is 0.148. The minimum atomic E-state index is 0.148. The Kier molecular flexibility index (Phi) is 8.07. The highest BCUT2D eigenvalue weighted by atomic mass is 16.5. The van der Waals surface area contributed by atoms with Crippen molar-refractivity contribution in [1.82, 2.24) is 15.5 Å². The van der Waals surface area contributed by atoms with Crippen molar-refractivity contribution in [3.05, 3.63) is 35.9 Å². The molecule has 1 heterocycles. The topological polar surface area (TPSA) is 53.6 Å². The Bertz CT molecular complexity index is 447.